The second kappa shape index (κ2) is 7.71. The van der Waals surface area contributed by atoms with Crippen LogP contribution in [0.4, 0.5) is 26.3 Å². The van der Waals surface area contributed by atoms with E-state index in [1.54, 1.807) is 0 Å². The summed E-state index contributed by atoms with van der Waals surface area (Å²) in [4.78, 5) is 12.4. The number of hydrogen-bond donors (Lipinski definition) is 2. The Morgan fingerprint density at radius 1 is 0.967 bits per heavy atom. The van der Waals surface area contributed by atoms with E-state index in [1.165, 1.54) is 0 Å². The first-order chi connectivity index (χ1) is 14.0. The van der Waals surface area contributed by atoms with Gasteiger partial charge in [0, 0.05) is 36.4 Å². The van der Waals surface area contributed by atoms with E-state index in [0.717, 1.165) is 19.6 Å². The molecule has 4 rings (SSSR count). The lowest BCUT2D eigenvalue weighted by molar-refractivity contribution is -0.143. The van der Waals surface area contributed by atoms with Gasteiger partial charge in [0.05, 0.1) is 24.3 Å². The molecule has 1 saturated heterocycles. The molecule has 0 spiro atoms. The summed E-state index contributed by atoms with van der Waals surface area (Å²) in [6.45, 7) is 1.14. The maximum atomic E-state index is 12.9. The van der Waals surface area contributed by atoms with Gasteiger partial charge in [-0.2, -0.15) is 26.3 Å². The van der Waals surface area contributed by atoms with Crippen molar-refractivity contribution in [1.82, 2.24) is 10.6 Å². The number of amides is 1. The molecule has 10 heteroatoms. The fourth-order valence-electron chi connectivity index (χ4n) is 4.59. The first kappa shape index (κ1) is 21.4. The van der Waals surface area contributed by atoms with Crippen LogP contribution in [0.25, 0.3) is 0 Å². The van der Waals surface area contributed by atoms with E-state index in [1.807, 2.05) is 0 Å². The maximum Gasteiger partial charge on any atom is 0.416 e. The van der Waals surface area contributed by atoms with Crippen LogP contribution in [0.3, 0.4) is 0 Å². The molecule has 2 unspecified atom stereocenters. The molecule has 166 valence electrons. The quantitative estimate of drug-likeness (QED) is 0.692. The molecule has 2 N–H and O–H groups in total. The fourth-order valence-corrected chi connectivity index (χ4v) is 4.59. The Kier molecular flexibility index (Phi) is 5.50. The number of benzene rings is 1. The minimum atomic E-state index is -4.91. The third kappa shape index (κ3) is 4.59. The highest BCUT2D eigenvalue weighted by molar-refractivity contribution is 5.79. The number of nitrogens with one attached hydrogen (secondary N) is 2. The molecule has 2 saturated carbocycles. The highest BCUT2D eigenvalue weighted by Crippen LogP contribution is 2.45. The molecule has 1 heterocycles. The fraction of sp³-hybridized carbons (Fsp3) is 0.650. The van der Waals surface area contributed by atoms with Crippen LogP contribution in [-0.2, 0) is 28.4 Å². The van der Waals surface area contributed by atoms with E-state index < -0.39 is 23.5 Å². The lowest BCUT2D eigenvalue weighted by Crippen LogP contribution is -2.34. The van der Waals surface area contributed by atoms with Gasteiger partial charge in [-0.05, 0) is 43.0 Å². The molecular weight excluding hydrogens is 414 g/mol. The Bertz CT molecular complexity index is 767. The Morgan fingerprint density at radius 2 is 1.57 bits per heavy atom. The molecule has 0 bridgehead atoms. The van der Waals surface area contributed by atoms with Crippen molar-refractivity contribution in [2.24, 2.45) is 17.8 Å². The largest absolute Gasteiger partial charge is 0.416 e. The lowest BCUT2D eigenvalue weighted by atomic mass is 10.0. The third-order valence-electron chi connectivity index (χ3n) is 6.30. The monoisotopic (exact) mass is 436 g/mol. The zero-order valence-electron chi connectivity index (χ0n) is 15.9. The molecule has 3 aliphatic rings. The smallest absolute Gasteiger partial charge is 0.381 e. The van der Waals surface area contributed by atoms with Crippen molar-refractivity contribution in [2.45, 2.75) is 50.2 Å². The second-order valence-corrected chi connectivity index (χ2v) is 8.40. The standard InChI is InChI=1S/C20H22F6N2O2/c21-19(22,23)12-3-10(4-13(6-12)20(24,25)26)7-27-18(29)11-1-2-14(5-11)28-17-15-8-30-9-16(15)17/h3-4,6,11,14-17,28H,1-2,5,7-9H2,(H,27,29)/t11-,14+,15?,16?,17?/m0/s1. The summed E-state index contributed by atoms with van der Waals surface area (Å²) in [5, 5.41) is 6.06. The maximum absolute atomic E-state index is 12.9. The molecule has 4 nitrogen and oxygen atoms in total. The van der Waals surface area contributed by atoms with Crippen LogP contribution < -0.4 is 10.6 Å². The third-order valence-corrected chi connectivity index (χ3v) is 6.30. The summed E-state index contributed by atoms with van der Waals surface area (Å²) in [6, 6.07) is 1.99. The van der Waals surface area contributed by atoms with Gasteiger partial charge < -0.3 is 15.4 Å². The topological polar surface area (TPSA) is 50.4 Å². The predicted molar refractivity (Wildman–Crippen MR) is 94.1 cm³/mol. The van der Waals surface area contributed by atoms with Crippen molar-refractivity contribution in [1.29, 1.82) is 0 Å². The lowest BCUT2D eigenvalue weighted by Gasteiger charge is -2.16. The molecule has 4 atom stereocenters. The number of ether oxygens (including phenoxy) is 1. The normalized spacial score (nSPS) is 30.9. The number of carbonyl (C=O) groups excluding carboxylic acids is 1. The van der Waals surface area contributed by atoms with Gasteiger partial charge in [-0.15, -0.1) is 0 Å². The second-order valence-electron chi connectivity index (χ2n) is 8.40. The number of carbonyl (C=O) groups is 1. The number of hydrogen-bond acceptors (Lipinski definition) is 3. The minimum Gasteiger partial charge on any atom is -0.381 e. The van der Waals surface area contributed by atoms with Gasteiger partial charge >= 0.3 is 12.4 Å². The molecule has 1 amide bonds. The van der Waals surface area contributed by atoms with E-state index in [2.05, 4.69) is 10.6 Å². The van der Waals surface area contributed by atoms with Crippen LogP contribution >= 0.6 is 0 Å². The molecule has 30 heavy (non-hydrogen) atoms. The van der Waals surface area contributed by atoms with Crippen molar-refractivity contribution in [3.8, 4) is 0 Å². The molecule has 2 aliphatic carbocycles. The summed E-state index contributed by atoms with van der Waals surface area (Å²) in [6.07, 6.45) is -7.75. The van der Waals surface area contributed by atoms with E-state index in [4.69, 9.17) is 4.74 Å². The zero-order chi connectivity index (χ0) is 21.7. The van der Waals surface area contributed by atoms with Crippen LogP contribution in [0.1, 0.15) is 36.0 Å². The van der Waals surface area contributed by atoms with Gasteiger partial charge in [-0.1, -0.05) is 0 Å². The van der Waals surface area contributed by atoms with Crippen molar-refractivity contribution in [3.05, 3.63) is 34.9 Å². The number of alkyl halides is 6. The highest BCUT2D eigenvalue weighted by Gasteiger charge is 2.54. The number of rotatable bonds is 5. The summed E-state index contributed by atoms with van der Waals surface area (Å²) >= 11 is 0. The molecule has 1 aromatic carbocycles. The zero-order valence-corrected chi connectivity index (χ0v) is 15.9. The van der Waals surface area contributed by atoms with Gasteiger partial charge in [-0.25, -0.2) is 0 Å². The first-order valence-corrected chi connectivity index (χ1v) is 9.92. The molecule has 1 aromatic rings. The van der Waals surface area contributed by atoms with Gasteiger partial charge in [-0.3, -0.25) is 4.79 Å². The SMILES string of the molecule is O=C(NCc1cc(C(F)(F)F)cc(C(F)(F)F)c1)[C@H]1CC[C@@H](NC2C3COCC32)C1. The van der Waals surface area contributed by atoms with E-state index in [-0.39, 0.29) is 36.0 Å². The first-order valence-electron chi connectivity index (χ1n) is 9.92. The summed E-state index contributed by atoms with van der Waals surface area (Å²) in [5.41, 5.74) is -3.00. The van der Waals surface area contributed by atoms with Crippen molar-refractivity contribution in [2.75, 3.05) is 13.2 Å². The highest BCUT2D eigenvalue weighted by atomic mass is 19.4. The Morgan fingerprint density at radius 3 is 2.13 bits per heavy atom. The Labute approximate surface area is 169 Å². The molecule has 0 radical (unpaired) electrons. The van der Waals surface area contributed by atoms with Gasteiger partial charge in [0.2, 0.25) is 5.91 Å². The van der Waals surface area contributed by atoms with Crippen LogP contribution in [0, 0.1) is 17.8 Å². The number of fused-ring (bicyclic) bond motifs is 1. The van der Waals surface area contributed by atoms with Crippen LogP contribution in [0.5, 0.6) is 0 Å². The summed E-state index contributed by atoms with van der Waals surface area (Å²) < 4.78 is 83.0. The van der Waals surface area contributed by atoms with E-state index in [9.17, 15) is 31.1 Å². The van der Waals surface area contributed by atoms with Gasteiger partial charge in [0.1, 0.15) is 0 Å². The molecule has 1 aliphatic heterocycles. The van der Waals surface area contributed by atoms with Crippen molar-refractivity contribution < 1.29 is 35.9 Å². The average molecular weight is 436 g/mol. The Balaban J connectivity index is 1.33. The Hall–Kier alpha value is -1.81. The predicted octanol–water partition coefficient (Wildman–Crippen LogP) is 3.74. The summed E-state index contributed by atoms with van der Waals surface area (Å²) in [7, 11) is 0. The van der Waals surface area contributed by atoms with Gasteiger partial charge in [0.25, 0.3) is 0 Å². The summed E-state index contributed by atoms with van der Waals surface area (Å²) in [5.74, 6) is 0.443. The van der Waals surface area contributed by atoms with Crippen LogP contribution in [0.2, 0.25) is 0 Å². The van der Waals surface area contributed by atoms with E-state index in [0.29, 0.717) is 42.9 Å². The number of halogens is 6. The van der Waals surface area contributed by atoms with Crippen molar-refractivity contribution >= 4 is 5.91 Å². The minimum absolute atomic E-state index is 0.0802. The van der Waals surface area contributed by atoms with E-state index >= 15 is 0 Å². The molecular formula is C20H22F6N2O2. The van der Waals surface area contributed by atoms with Crippen molar-refractivity contribution in [3.63, 3.8) is 0 Å². The van der Waals surface area contributed by atoms with Crippen LogP contribution in [0.15, 0.2) is 18.2 Å². The van der Waals surface area contributed by atoms with Crippen LogP contribution in [-0.4, -0.2) is 31.2 Å². The molecule has 3 fully saturated rings. The average Bonchev–Trinajstić information content (AvgIpc) is 3.06. The van der Waals surface area contributed by atoms with Gasteiger partial charge in [0.15, 0.2) is 0 Å². The molecule has 0 aromatic heterocycles.